The smallest absolute Gasteiger partial charge is 0.229 e. The van der Waals surface area contributed by atoms with Crippen molar-refractivity contribution >= 4 is 25.0 Å². The molecule has 0 amide bonds. The Kier molecular flexibility index (Phi) is 6.14. The van der Waals surface area contributed by atoms with Crippen molar-refractivity contribution in [2.45, 2.75) is 78.3 Å². The Bertz CT molecular complexity index is 455. The number of hydrogen-bond acceptors (Lipinski definition) is 1. The molecule has 0 atom stereocenters. The third-order valence-electron chi connectivity index (χ3n) is 4.64. The van der Waals surface area contributed by atoms with Crippen molar-refractivity contribution < 1.29 is 4.43 Å². The fourth-order valence-electron chi connectivity index (χ4n) is 2.30. The molecule has 0 fully saturated rings. The lowest BCUT2D eigenvalue weighted by Crippen LogP contribution is -2.23. The second-order valence-electron chi connectivity index (χ2n) is 7.47. The molecular weight excluding hydrogens is 340 g/mol. The predicted octanol–water partition coefficient (Wildman–Crippen LogP) is 6.19. The number of rotatable bonds is 6. The minimum Gasteiger partial charge on any atom is -0.547 e. The molecule has 0 heterocycles. The quantitative estimate of drug-likeness (QED) is 0.542. The summed E-state index contributed by atoms with van der Waals surface area (Å²) in [5, 5.41) is 0. The summed E-state index contributed by atoms with van der Waals surface area (Å²) in [6.45, 7) is 18.2. The van der Waals surface area contributed by atoms with E-state index in [0.717, 1.165) is 18.6 Å². The Morgan fingerprint density at radius 2 is 1.33 bits per heavy atom. The van der Waals surface area contributed by atoms with Gasteiger partial charge < -0.3 is 4.43 Å². The van der Waals surface area contributed by atoms with Gasteiger partial charge in [-0.1, -0.05) is 57.5 Å². The van der Waals surface area contributed by atoms with E-state index in [4.69, 9.17) is 4.43 Å². The van der Waals surface area contributed by atoms with Crippen LogP contribution in [0.2, 0.25) is 13.1 Å². The van der Waals surface area contributed by atoms with Crippen LogP contribution >= 0.6 is 15.9 Å². The number of benzene rings is 1. The van der Waals surface area contributed by atoms with Gasteiger partial charge in [0.15, 0.2) is 0 Å². The van der Waals surface area contributed by atoms with Gasteiger partial charge >= 0.3 is 0 Å². The summed E-state index contributed by atoms with van der Waals surface area (Å²) in [7, 11) is -1.10. The van der Waals surface area contributed by atoms with E-state index in [-0.39, 0.29) is 10.8 Å². The zero-order valence-corrected chi connectivity index (χ0v) is 17.7. The van der Waals surface area contributed by atoms with Crippen LogP contribution in [0.25, 0.3) is 0 Å². The Labute approximate surface area is 141 Å². The highest BCUT2D eigenvalue weighted by atomic mass is 79.9. The molecule has 3 heteroatoms. The third-order valence-corrected chi connectivity index (χ3v) is 6.24. The first-order chi connectivity index (χ1) is 9.55. The summed E-state index contributed by atoms with van der Waals surface area (Å²) >= 11 is 3.89. The first-order valence-electron chi connectivity index (χ1n) is 8.06. The first kappa shape index (κ1) is 18.8. The van der Waals surface area contributed by atoms with Crippen LogP contribution in [-0.4, -0.2) is 9.04 Å². The maximum Gasteiger partial charge on any atom is 0.229 e. The Morgan fingerprint density at radius 1 is 0.952 bits per heavy atom. The maximum atomic E-state index is 6.15. The molecule has 0 aliphatic carbocycles. The van der Waals surface area contributed by atoms with Crippen LogP contribution in [0.3, 0.4) is 0 Å². The highest BCUT2D eigenvalue weighted by Crippen LogP contribution is 2.42. The molecule has 120 valence electrons. The van der Waals surface area contributed by atoms with Crippen LogP contribution in [0.4, 0.5) is 0 Å². The highest BCUT2D eigenvalue weighted by molar-refractivity contribution is 9.10. The third kappa shape index (κ3) is 4.35. The first-order valence-corrected chi connectivity index (χ1v) is 11.6. The van der Waals surface area contributed by atoms with Gasteiger partial charge in [0, 0.05) is 4.47 Å². The molecule has 1 nitrogen and oxygen atoms in total. The summed E-state index contributed by atoms with van der Waals surface area (Å²) < 4.78 is 7.41. The van der Waals surface area contributed by atoms with E-state index in [1.165, 1.54) is 15.6 Å². The fourth-order valence-corrected chi connectivity index (χ4v) is 4.29. The van der Waals surface area contributed by atoms with Crippen molar-refractivity contribution in [1.82, 2.24) is 0 Å². The highest BCUT2D eigenvalue weighted by Gasteiger charge is 2.29. The van der Waals surface area contributed by atoms with Crippen LogP contribution in [0.1, 0.15) is 65.5 Å². The van der Waals surface area contributed by atoms with E-state index >= 15 is 0 Å². The summed E-state index contributed by atoms with van der Waals surface area (Å²) in [5.74, 6) is 1.05. The van der Waals surface area contributed by atoms with Crippen molar-refractivity contribution in [2.24, 2.45) is 0 Å². The SMILES string of the molecule is CCC(C)(C)c1cc(O[SiH](C)C)cc(C(C)(C)CC)c1Br. The van der Waals surface area contributed by atoms with Crippen LogP contribution in [0.5, 0.6) is 5.75 Å². The van der Waals surface area contributed by atoms with E-state index in [9.17, 15) is 0 Å². The molecule has 21 heavy (non-hydrogen) atoms. The lowest BCUT2D eigenvalue weighted by Gasteiger charge is -2.32. The standard InChI is InChI=1S/C18H31BrOSi/c1-9-17(3,4)14-11-13(20-21(7)8)12-15(16(14)19)18(5,6)10-2/h11-12,21H,9-10H2,1-8H3. The van der Waals surface area contributed by atoms with Crippen molar-refractivity contribution in [3.8, 4) is 5.75 Å². The molecule has 1 rings (SSSR count). The largest absolute Gasteiger partial charge is 0.547 e. The summed E-state index contributed by atoms with van der Waals surface area (Å²) in [6, 6.07) is 4.49. The average molecular weight is 371 g/mol. The van der Waals surface area contributed by atoms with Gasteiger partial charge in [-0.2, -0.15) is 0 Å². The molecule has 0 aliphatic rings. The zero-order valence-electron chi connectivity index (χ0n) is 14.9. The van der Waals surface area contributed by atoms with Crippen LogP contribution in [0.15, 0.2) is 16.6 Å². The molecule has 0 saturated carbocycles. The van der Waals surface area contributed by atoms with E-state index in [2.05, 4.69) is 82.7 Å². The molecule has 0 spiro atoms. The summed E-state index contributed by atoms with van der Waals surface area (Å²) in [4.78, 5) is 0. The minimum atomic E-state index is -1.10. The molecule has 0 unspecified atom stereocenters. The van der Waals surface area contributed by atoms with E-state index in [1.807, 2.05) is 0 Å². The fraction of sp³-hybridized carbons (Fsp3) is 0.667. The van der Waals surface area contributed by atoms with E-state index < -0.39 is 9.04 Å². The zero-order chi connectivity index (χ0) is 16.4. The van der Waals surface area contributed by atoms with Crippen LogP contribution in [-0.2, 0) is 10.8 Å². The molecule has 0 radical (unpaired) electrons. The van der Waals surface area contributed by atoms with Crippen LogP contribution in [0, 0.1) is 0 Å². The lowest BCUT2D eigenvalue weighted by atomic mass is 9.76. The van der Waals surface area contributed by atoms with Gasteiger partial charge in [-0.15, -0.1) is 0 Å². The predicted molar refractivity (Wildman–Crippen MR) is 100 cm³/mol. The Balaban J connectivity index is 3.54. The molecule has 0 N–H and O–H groups in total. The van der Waals surface area contributed by atoms with E-state index in [0.29, 0.717) is 0 Å². The number of hydrogen-bond donors (Lipinski definition) is 0. The van der Waals surface area contributed by atoms with Gasteiger partial charge in [0.1, 0.15) is 5.75 Å². The molecule has 1 aromatic carbocycles. The normalized spacial score (nSPS) is 12.9. The Morgan fingerprint density at radius 3 is 1.62 bits per heavy atom. The second kappa shape index (κ2) is 6.87. The molecule has 0 aromatic heterocycles. The summed E-state index contributed by atoms with van der Waals surface area (Å²) in [5.41, 5.74) is 3.03. The monoisotopic (exact) mass is 370 g/mol. The molecule has 1 aromatic rings. The number of halogens is 1. The summed E-state index contributed by atoms with van der Waals surface area (Å²) in [6.07, 6.45) is 2.22. The van der Waals surface area contributed by atoms with Crippen molar-refractivity contribution in [1.29, 1.82) is 0 Å². The van der Waals surface area contributed by atoms with Crippen LogP contribution < -0.4 is 4.43 Å². The van der Waals surface area contributed by atoms with Gasteiger partial charge in [-0.05, 0) is 60.0 Å². The minimum absolute atomic E-state index is 0.148. The second-order valence-corrected chi connectivity index (χ2v) is 10.6. The van der Waals surface area contributed by atoms with Gasteiger partial charge in [0.2, 0.25) is 9.04 Å². The van der Waals surface area contributed by atoms with Crippen molar-refractivity contribution in [3.63, 3.8) is 0 Å². The topological polar surface area (TPSA) is 9.23 Å². The molecule has 0 aliphatic heterocycles. The van der Waals surface area contributed by atoms with Gasteiger partial charge in [0.25, 0.3) is 0 Å². The van der Waals surface area contributed by atoms with Crippen molar-refractivity contribution in [2.75, 3.05) is 0 Å². The van der Waals surface area contributed by atoms with Crippen molar-refractivity contribution in [3.05, 3.63) is 27.7 Å². The van der Waals surface area contributed by atoms with E-state index in [1.54, 1.807) is 0 Å². The average Bonchev–Trinajstić information content (AvgIpc) is 2.39. The van der Waals surface area contributed by atoms with Gasteiger partial charge in [0.05, 0.1) is 0 Å². The van der Waals surface area contributed by atoms with Gasteiger partial charge in [-0.25, -0.2) is 0 Å². The molecular formula is C18H31BrOSi. The lowest BCUT2D eigenvalue weighted by molar-refractivity contribution is 0.476. The molecule has 0 saturated heterocycles. The maximum absolute atomic E-state index is 6.15. The van der Waals surface area contributed by atoms with Gasteiger partial charge in [-0.3, -0.25) is 0 Å². The Hall–Kier alpha value is -0.283. The molecule has 0 bridgehead atoms.